The van der Waals surface area contributed by atoms with Crippen molar-refractivity contribution in [2.75, 3.05) is 46.9 Å². The first-order valence-corrected chi connectivity index (χ1v) is 19.7. The molecule has 8 rings (SSSR count). The summed E-state index contributed by atoms with van der Waals surface area (Å²) in [5, 5.41) is 23.3. The molecule has 1 N–H and O–H groups in total. The zero-order valence-electron chi connectivity index (χ0n) is 31.2. The van der Waals surface area contributed by atoms with E-state index in [1.165, 1.54) is 19.5 Å². The van der Waals surface area contributed by atoms with Gasteiger partial charge >= 0.3 is 5.97 Å². The van der Waals surface area contributed by atoms with Gasteiger partial charge in [-0.05, 0) is 105 Å². The topological polar surface area (TPSA) is 115 Å². The highest BCUT2D eigenvalue weighted by Gasteiger charge is 2.48. The van der Waals surface area contributed by atoms with E-state index >= 15 is 0 Å². The lowest BCUT2D eigenvalue weighted by Gasteiger charge is -2.55. The molecular formula is C43H47Cl2N3O7. The monoisotopic (exact) mass is 787 g/mol. The van der Waals surface area contributed by atoms with E-state index in [1.807, 2.05) is 42.5 Å². The van der Waals surface area contributed by atoms with E-state index in [4.69, 9.17) is 37.4 Å². The van der Waals surface area contributed by atoms with Crippen molar-refractivity contribution in [3.05, 3.63) is 123 Å². The number of pyridine rings is 1. The van der Waals surface area contributed by atoms with Gasteiger partial charge in [0.1, 0.15) is 16.1 Å². The van der Waals surface area contributed by atoms with Crippen molar-refractivity contribution in [3.63, 3.8) is 0 Å². The highest BCUT2D eigenvalue weighted by molar-refractivity contribution is 6.35. The average molecular weight is 789 g/mol. The maximum Gasteiger partial charge on any atom is 0.338 e. The molecule has 4 aliphatic heterocycles. The lowest BCUT2D eigenvalue weighted by atomic mass is 9.64. The highest BCUT2D eigenvalue weighted by atomic mass is 35.5. The van der Waals surface area contributed by atoms with E-state index in [0.29, 0.717) is 59.4 Å². The van der Waals surface area contributed by atoms with E-state index < -0.39 is 23.5 Å². The molecule has 2 unspecified atom stereocenters. The number of piperidine rings is 4. The Morgan fingerprint density at radius 3 is 2.25 bits per heavy atom. The Hall–Kier alpha value is -4.35. The number of aliphatic carboxylic acids is 1. The second kappa shape index (κ2) is 16.8. The predicted octanol–water partition coefficient (Wildman–Crippen LogP) is 5.71. The van der Waals surface area contributed by atoms with Crippen molar-refractivity contribution in [1.82, 2.24) is 9.80 Å². The van der Waals surface area contributed by atoms with Crippen molar-refractivity contribution in [3.8, 4) is 11.5 Å². The smallest absolute Gasteiger partial charge is 0.338 e. The third kappa shape index (κ3) is 8.28. The summed E-state index contributed by atoms with van der Waals surface area (Å²) in [5.41, 5.74) is 2.43. The highest BCUT2D eigenvalue weighted by Crippen LogP contribution is 2.45. The third-order valence-corrected chi connectivity index (χ3v) is 12.8. The van der Waals surface area contributed by atoms with Crippen LogP contribution in [0, 0.1) is 11.8 Å². The molecule has 55 heavy (non-hydrogen) atoms. The summed E-state index contributed by atoms with van der Waals surface area (Å²) in [7, 11) is 3.08. The Morgan fingerprint density at radius 1 is 0.945 bits per heavy atom. The van der Waals surface area contributed by atoms with Crippen molar-refractivity contribution < 1.29 is 38.8 Å². The van der Waals surface area contributed by atoms with Gasteiger partial charge in [-0.25, -0.2) is 4.79 Å². The van der Waals surface area contributed by atoms with E-state index in [9.17, 15) is 19.9 Å². The lowest BCUT2D eigenvalue weighted by Crippen LogP contribution is -2.62. The quantitative estimate of drug-likeness (QED) is 0.103. The molecule has 1 aromatic heterocycles. The number of carbonyl (C=O) groups excluding carboxylic acids is 2. The molecule has 290 valence electrons. The molecule has 4 atom stereocenters. The fourth-order valence-corrected chi connectivity index (χ4v) is 9.64. The number of carboxylic acids is 1. The fraction of sp³-hybridized carbons (Fsp3) is 0.419. The number of carboxylic acid groups (broad SMARTS) is 1. The number of carbonyl (C=O) groups is 2. The van der Waals surface area contributed by atoms with Crippen molar-refractivity contribution in [2.45, 2.75) is 56.1 Å². The van der Waals surface area contributed by atoms with Gasteiger partial charge in [0.25, 0.3) is 0 Å². The number of hydrogen-bond donors (Lipinski definition) is 1. The van der Waals surface area contributed by atoms with Crippen LogP contribution in [0.4, 0.5) is 0 Å². The standard InChI is InChI=1S/C43H47Cl2N3O7/c1-53-38-13-12-31(22-40(38)54-2)39(23-33-35(44)26-48(52)27-36(33)45)55-41(49)30-10-8-28(9-11-30)14-20-47-21-17-43(42(50)51,32-6-4-3-5-7-32)24-37(47)34-25-46-18-15-29(34)16-19-46/h3-13,22,26-27,29,34,37,39H,14-21,23-25H2,1-2H3,(H-,50,51,52)/t34-,37?,39-,43?/m0/s1. The zero-order chi connectivity index (χ0) is 38.7. The van der Waals surface area contributed by atoms with E-state index in [-0.39, 0.29) is 22.5 Å². The van der Waals surface area contributed by atoms with Crippen LogP contribution in [0.5, 0.6) is 11.5 Å². The Labute approximate surface area is 332 Å². The van der Waals surface area contributed by atoms with Crippen LogP contribution in [0.1, 0.15) is 64.4 Å². The number of hydrogen-bond acceptors (Lipinski definition) is 9. The summed E-state index contributed by atoms with van der Waals surface area (Å²) in [5.74, 6) is 0.500. The van der Waals surface area contributed by atoms with Gasteiger partial charge in [-0.1, -0.05) is 71.7 Å². The van der Waals surface area contributed by atoms with Crippen LogP contribution in [-0.2, 0) is 27.8 Å². The normalized spacial score (nSPS) is 24.2. The van der Waals surface area contributed by atoms with E-state index in [0.717, 1.165) is 61.3 Å². The molecule has 0 spiro atoms. The van der Waals surface area contributed by atoms with Gasteiger partial charge in [-0.2, -0.15) is 0 Å². The number of ether oxygens (including phenoxy) is 3. The van der Waals surface area contributed by atoms with Crippen LogP contribution in [0.15, 0.2) is 85.2 Å². The molecule has 10 nitrogen and oxygen atoms in total. The van der Waals surface area contributed by atoms with E-state index in [1.54, 1.807) is 37.4 Å². The molecule has 4 saturated heterocycles. The molecule has 12 heteroatoms. The number of esters is 1. The number of benzene rings is 3. The first kappa shape index (κ1) is 38.9. The number of likely N-dealkylation sites (tertiary alicyclic amines) is 1. The second-order valence-electron chi connectivity index (χ2n) is 15.1. The molecule has 2 bridgehead atoms. The molecule has 0 amide bonds. The van der Waals surface area contributed by atoms with Gasteiger partial charge in [0.05, 0.1) is 25.8 Å². The summed E-state index contributed by atoms with van der Waals surface area (Å²) in [4.78, 5) is 31.7. The van der Waals surface area contributed by atoms with Crippen LogP contribution in [0.3, 0.4) is 0 Å². The number of nitrogens with zero attached hydrogens (tertiary/aromatic N) is 3. The SMILES string of the molecule is COc1ccc([C@H](Cc2c(Cl)c[n+](O)cc2Cl)OC(=O)c2ccc(CCN3CCC(C(=O)[O-])(c4ccccc4)CC3[C@H]3CN4CCC3CC4)cc2)cc1OC. The summed E-state index contributed by atoms with van der Waals surface area (Å²) in [6, 6.07) is 22.5. The fourth-order valence-electron chi connectivity index (χ4n) is 9.04. The van der Waals surface area contributed by atoms with Crippen molar-refractivity contribution in [2.24, 2.45) is 11.8 Å². The first-order valence-electron chi connectivity index (χ1n) is 18.9. The zero-order valence-corrected chi connectivity index (χ0v) is 32.7. The molecule has 4 aromatic rings. The minimum atomic E-state index is -1.01. The molecular weight excluding hydrogens is 741 g/mol. The minimum absolute atomic E-state index is 0.122. The maximum absolute atomic E-state index is 13.7. The summed E-state index contributed by atoms with van der Waals surface area (Å²) < 4.78 is 17.8. The molecule has 0 aliphatic carbocycles. The van der Waals surface area contributed by atoms with Gasteiger partial charge in [0.15, 0.2) is 11.5 Å². The Balaban J connectivity index is 1.07. The molecule has 3 aromatic carbocycles. The number of rotatable bonds is 13. The van der Waals surface area contributed by atoms with Crippen LogP contribution < -0.4 is 19.3 Å². The first-order chi connectivity index (χ1) is 26.6. The van der Waals surface area contributed by atoms with Crippen molar-refractivity contribution in [1.29, 1.82) is 0 Å². The Bertz CT molecular complexity index is 1970. The third-order valence-electron chi connectivity index (χ3n) is 12.1. The minimum Gasteiger partial charge on any atom is -0.549 e. The largest absolute Gasteiger partial charge is 0.549 e. The van der Waals surface area contributed by atoms with Crippen LogP contribution in [-0.4, -0.2) is 79.9 Å². The summed E-state index contributed by atoms with van der Waals surface area (Å²) >= 11 is 12.9. The second-order valence-corrected chi connectivity index (χ2v) is 15.9. The van der Waals surface area contributed by atoms with Crippen LogP contribution >= 0.6 is 23.2 Å². The van der Waals surface area contributed by atoms with E-state index in [2.05, 4.69) is 9.80 Å². The summed E-state index contributed by atoms with van der Waals surface area (Å²) in [6.45, 7) is 4.71. The Morgan fingerprint density at radius 2 is 1.64 bits per heavy atom. The molecule has 0 saturated carbocycles. The number of fused-ring (bicyclic) bond motifs is 3. The van der Waals surface area contributed by atoms with Crippen molar-refractivity contribution >= 4 is 35.1 Å². The number of aromatic nitrogens is 1. The lowest BCUT2D eigenvalue weighted by molar-refractivity contribution is -0.904. The molecule has 5 heterocycles. The summed E-state index contributed by atoms with van der Waals surface area (Å²) in [6.07, 6.45) is 6.10. The number of halogens is 2. The van der Waals surface area contributed by atoms with Gasteiger partial charge in [0.2, 0.25) is 12.4 Å². The number of methoxy groups -OCH3 is 2. The van der Waals surface area contributed by atoms with Crippen LogP contribution in [0.2, 0.25) is 10.0 Å². The van der Waals surface area contributed by atoms with Gasteiger partial charge in [-0.3, -0.25) is 10.1 Å². The van der Waals surface area contributed by atoms with Gasteiger partial charge < -0.3 is 29.0 Å². The Kier molecular flexibility index (Phi) is 11.9. The van der Waals surface area contributed by atoms with Gasteiger partial charge in [0, 0.05) is 41.3 Å². The molecule has 0 radical (unpaired) electrons. The van der Waals surface area contributed by atoms with Crippen LogP contribution in [0.25, 0.3) is 0 Å². The average Bonchev–Trinajstić information content (AvgIpc) is 3.21. The van der Waals surface area contributed by atoms with Gasteiger partial charge in [-0.15, -0.1) is 0 Å². The molecule has 4 fully saturated rings. The molecule has 4 aliphatic rings. The predicted molar refractivity (Wildman–Crippen MR) is 206 cm³/mol. The maximum atomic E-state index is 13.7.